The van der Waals surface area contributed by atoms with E-state index in [2.05, 4.69) is 111 Å². The number of hydrogen-bond acceptors (Lipinski definition) is 11. The Balaban J connectivity index is 0.000000150. The molecule has 0 unspecified atom stereocenters. The van der Waals surface area contributed by atoms with E-state index in [9.17, 15) is 37.4 Å². The summed E-state index contributed by atoms with van der Waals surface area (Å²) in [6.45, 7) is 19.3. The number of nitriles is 3. The lowest BCUT2D eigenvalue weighted by Gasteiger charge is -2.43. The molecule has 1 amide bonds. The number of allylic oxidation sites excluding steroid dienone is 3. The van der Waals surface area contributed by atoms with E-state index in [1.165, 1.54) is 0 Å². The molecule has 12 rings (SSSR count). The maximum absolute atomic E-state index is 12.8. The maximum Gasteiger partial charge on any atom is 0.225 e. The lowest BCUT2D eigenvalue weighted by Crippen LogP contribution is -2.44. The van der Waals surface area contributed by atoms with Crippen LogP contribution in [0, 0.1) is 111 Å². The van der Waals surface area contributed by atoms with Crippen LogP contribution in [0.5, 0.6) is 0 Å². The van der Waals surface area contributed by atoms with Crippen LogP contribution in [-0.2, 0) is 24.8 Å². The highest BCUT2D eigenvalue weighted by molar-refractivity contribution is 7.90. The number of sulfonamides is 2. The van der Waals surface area contributed by atoms with Gasteiger partial charge in [0.25, 0.3) is 0 Å². The van der Waals surface area contributed by atoms with Gasteiger partial charge in [0.2, 0.25) is 26.0 Å². The van der Waals surface area contributed by atoms with Gasteiger partial charge in [-0.2, -0.15) is 15.8 Å². The number of nitrogens with zero attached hydrogens (tertiary/aromatic N) is 8. The van der Waals surface area contributed by atoms with Crippen LogP contribution in [0.1, 0.15) is 115 Å². The Labute approximate surface area is 540 Å². The average Bonchev–Trinajstić information content (AvgIpc) is 1.62. The molecule has 3 aliphatic carbocycles. The molecule has 6 aliphatic rings. The minimum absolute atomic E-state index is 0.0173. The van der Waals surface area contributed by atoms with Gasteiger partial charge in [0.05, 0.1) is 62.5 Å². The standard InChI is InChI=1S/C26H29N3O.C25H29N3O2S.C24H27N3O2S/c1-16-13-24-25(18(3)26(30)29(24)4)22(17(16)2)12-11-21-10-9-20(15-28-21)23-8-6-5-7-19(23)14-27;1-16-13-24-25(18(3)31(29,30)28(24)4)22(17(16)2)12-11-21-10-9-20(15-27-21)23-8-6-5-7-19(23)14-26;1-15-12-23-24(17(3)30(28,29)27-23)21(16(15)2)11-10-20-9-8-19(14-26-20)22-7-5-4-6-18(22)13-25/h5-12,15-18,22,24-25H,13H2,1-4H3;5-12,15-18,22,24-25H,13H2,1-4H3;4-11,14-17,21,23-24,27H,12H2,1-3H3/b2*12-11+;11-10+/t2*16-,17+,18+,22-,24+,25-;15-,16+,17+,21-,23+,24-/m000/s1. The summed E-state index contributed by atoms with van der Waals surface area (Å²) in [6.07, 6.45) is 21.1. The molecule has 3 saturated carbocycles. The van der Waals surface area contributed by atoms with E-state index < -0.39 is 20.0 Å². The first kappa shape index (κ1) is 66.0. The van der Waals surface area contributed by atoms with E-state index in [4.69, 9.17) is 0 Å². The van der Waals surface area contributed by atoms with E-state index in [1.54, 1.807) is 35.9 Å². The van der Waals surface area contributed by atoms with Gasteiger partial charge in [0, 0.05) is 90.1 Å². The van der Waals surface area contributed by atoms with Crippen LogP contribution in [0.2, 0.25) is 0 Å². The largest absolute Gasteiger partial charge is 0.342 e. The van der Waals surface area contributed by atoms with Gasteiger partial charge in [-0.05, 0) is 159 Å². The molecular formula is C75H85N9O5S2. The average molecular weight is 1260 g/mol. The first-order valence-electron chi connectivity index (χ1n) is 32.1. The molecular weight excluding hydrogens is 1170 g/mol. The summed E-state index contributed by atoms with van der Waals surface area (Å²) in [4.78, 5) is 28.3. The van der Waals surface area contributed by atoms with Crippen molar-refractivity contribution >= 4 is 44.2 Å². The Hall–Kier alpha value is -7.91. The minimum atomic E-state index is -3.24. The molecule has 0 radical (unpaired) electrons. The molecule has 6 aromatic rings. The van der Waals surface area contributed by atoms with Crippen molar-refractivity contribution in [2.24, 2.45) is 76.9 Å². The fourth-order valence-electron chi connectivity index (χ4n) is 16.0. The summed E-state index contributed by atoms with van der Waals surface area (Å²) in [5.74, 6) is 4.46. The SMILES string of the molecule is C[C@H]1[C@H](/C=C/c2ccc(-c3ccccc3C#N)cn2)[C@@H]2[C@@H](C)S(=O)(=O)N[C@@H]2C[C@@H]1C.C[C@H]1[C@H](/C=C/c2ccc(-c3ccccc3C#N)cn2)[C@H]2[C@@H](C[C@@H]1C)N(C)C(=O)[C@@H]2C.C[C@H]1[C@H](/C=C/c2ccc(-c3ccccc3C#N)cn2)[C@H]2[C@@H](C[C@@H]1C)N(C)S(=O)(=O)[C@@H]2C. The van der Waals surface area contributed by atoms with Crippen molar-refractivity contribution in [1.82, 2.24) is 28.9 Å². The molecule has 6 heterocycles. The molecule has 6 fully saturated rings. The van der Waals surface area contributed by atoms with Crippen LogP contribution in [0.15, 0.2) is 146 Å². The molecule has 3 aromatic heterocycles. The van der Waals surface area contributed by atoms with Crippen LogP contribution < -0.4 is 4.72 Å². The van der Waals surface area contributed by atoms with Gasteiger partial charge in [-0.25, -0.2) is 25.9 Å². The number of pyridine rings is 3. The molecule has 3 aromatic carbocycles. The van der Waals surface area contributed by atoms with Gasteiger partial charge in [-0.3, -0.25) is 19.7 Å². The van der Waals surface area contributed by atoms with Crippen molar-refractivity contribution in [1.29, 1.82) is 15.8 Å². The second kappa shape index (κ2) is 27.5. The highest BCUT2D eigenvalue weighted by atomic mass is 32.2. The molecule has 16 heteroatoms. The van der Waals surface area contributed by atoms with Gasteiger partial charge in [0.15, 0.2) is 0 Å². The number of fused-ring (bicyclic) bond motifs is 3. The Bertz CT molecular complexity index is 4080. The van der Waals surface area contributed by atoms with Gasteiger partial charge >= 0.3 is 0 Å². The zero-order valence-electron chi connectivity index (χ0n) is 54.0. The predicted molar refractivity (Wildman–Crippen MR) is 361 cm³/mol. The monoisotopic (exact) mass is 1260 g/mol. The quantitative estimate of drug-likeness (QED) is 0.144. The van der Waals surface area contributed by atoms with Crippen LogP contribution in [0.25, 0.3) is 51.6 Å². The van der Waals surface area contributed by atoms with Gasteiger partial charge < -0.3 is 4.90 Å². The second-order valence-corrected chi connectivity index (χ2v) is 31.2. The van der Waals surface area contributed by atoms with Crippen molar-refractivity contribution < 1.29 is 21.6 Å². The molecule has 0 spiro atoms. The number of aromatic nitrogens is 3. The summed E-state index contributed by atoms with van der Waals surface area (Å²) < 4.78 is 54.9. The number of carbonyl (C=O) groups is 1. The number of likely N-dealkylation sites (tertiary alicyclic amines) is 1. The van der Waals surface area contributed by atoms with Crippen LogP contribution in [0.3, 0.4) is 0 Å². The van der Waals surface area contributed by atoms with Crippen molar-refractivity contribution in [3.05, 3.63) is 180 Å². The number of amides is 1. The number of carbonyl (C=O) groups excluding carboxylic acids is 1. The summed E-state index contributed by atoms with van der Waals surface area (Å²) in [6, 6.07) is 41.6. The number of rotatable bonds is 9. The van der Waals surface area contributed by atoms with Gasteiger partial charge in [0.1, 0.15) is 0 Å². The van der Waals surface area contributed by atoms with Crippen LogP contribution >= 0.6 is 0 Å². The smallest absolute Gasteiger partial charge is 0.225 e. The van der Waals surface area contributed by atoms with Crippen molar-refractivity contribution in [3.63, 3.8) is 0 Å². The lowest BCUT2D eigenvalue weighted by atomic mass is 9.63. The molecule has 0 bridgehead atoms. The molecule has 3 saturated heterocycles. The fraction of sp³-hybridized carbons (Fsp3) is 0.427. The van der Waals surface area contributed by atoms with E-state index >= 15 is 0 Å². The Morgan fingerprint density at radius 3 is 1.25 bits per heavy atom. The number of benzene rings is 3. The van der Waals surface area contributed by atoms with Crippen molar-refractivity contribution in [2.45, 2.75) is 110 Å². The summed E-state index contributed by atoms with van der Waals surface area (Å²) in [5, 5.41) is 27.2. The van der Waals surface area contributed by atoms with E-state index in [1.807, 2.05) is 141 Å². The highest BCUT2D eigenvalue weighted by Gasteiger charge is 2.56. The van der Waals surface area contributed by atoms with Crippen LogP contribution in [0.4, 0.5) is 0 Å². The molecule has 3 aliphatic heterocycles. The Kier molecular flexibility index (Phi) is 20.0. The molecule has 14 nitrogen and oxygen atoms in total. The van der Waals surface area contributed by atoms with E-state index in [0.717, 1.165) is 69.7 Å². The first-order chi connectivity index (χ1) is 43.5. The normalized spacial score (nSPS) is 32.1. The fourth-order valence-corrected chi connectivity index (χ4v) is 19.5. The van der Waals surface area contributed by atoms with Gasteiger partial charge in [-0.1, -0.05) is 139 Å². The zero-order chi connectivity index (χ0) is 65.2. The third kappa shape index (κ3) is 13.3. The first-order valence-corrected chi connectivity index (χ1v) is 35.2. The molecule has 472 valence electrons. The summed E-state index contributed by atoms with van der Waals surface area (Å²) in [5.41, 5.74) is 9.89. The maximum atomic E-state index is 12.8. The molecule has 91 heavy (non-hydrogen) atoms. The van der Waals surface area contributed by atoms with Crippen LogP contribution in [-0.4, -0.2) is 89.6 Å². The third-order valence-electron chi connectivity index (χ3n) is 22.0. The Morgan fingerprint density at radius 2 is 0.857 bits per heavy atom. The van der Waals surface area contributed by atoms with Crippen molar-refractivity contribution in [2.75, 3.05) is 14.1 Å². The topological polar surface area (TPSA) is 214 Å². The van der Waals surface area contributed by atoms with Crippen molar-refractivity contribution in [3.8, 4) is 51.6 Å². The summed E-state index contributed by atoms with van der Waals surface area (Å²) >= 11 is 0. The molecule has 1 N–H and O–H groups in total. The predicted octanol–water partition coefficient (Wildman–Crippen LogP) is 13.8. The molecule has 18 atom stereocenters. The minimum Gasteiger partial charge on any atom is -0.342 e. The lowest BCUT2D eigenvalue weighted by molar-refractivity contribution is -0.130. The van der Waals surface area contributed by atoms with Gasteiger partial charge in [-0.15, -0.1) is 0 Å². The number of nitrogens with one attached hydrogen (secondary N) is 1. The Morgan fingerprint density at radius 1 is 0.484 bits per heavy atom. The van der Waals surface area contributed by atoms with E-state index in [0.29, 0.717) is 70.1 Å². The van der Waals surface area contributed by atoms with E-state index in [-0.39, 0.29) is 58.1 Å². The second-order valence-electron chi connectivity index (χ2n) is 26.8. The number of hydrogen-bond donors (Lipinski definition) is 1. The third-order valence-corrected chi connectivity index (χ3v) is 26.2. The summed E-state index contributed by atoms with van der Waals surface area (Å²) in [7, 11) is -2.77. The highest BCUT2D eigenvalue weighted by Crippen LogP contribution is 2.51. The zero-order valence-corrected chi connectivity index (χ0v) is 55.7.